The highest BCUT2D eigenvalue weighted by atomic mass is 19.1. The summed E-state index contributed by atoms with van der Waals surface area (Å²) in [5.41, 5.74) is 6.45. The predicted molar refractivity (Wildman–Crippen MR) is 78.9 cm³/mol. The predicted octanol–water partition coefficient (Wildman–Crippen LogP) is 3.48. The van der Waals surface area contributed by atoms with Gasteiger partial charge in [0.2, 0.25) is 0 Å². The molecule has 2 unspecified atom stereocenters. The molecule has 2 atom stereocenters. The number of hydrogen-bond acceptors (Lipinski definition) is 2. The molecule has 0 saturated carbocycles. The summed E-state index contributed by atoms with van der Waals surface area (Å²) in [5.74, 6) is -0.388. The van der Waals surface area contributed by atoms with Gasteiger partial charge in [-0.1, -0.05) is 13.3 Å². The molecular formula is C16H24F2N2. The van der Waals surface area contributed by atoms with Crippen molar-refractivity contribution in [1.82, 2.24) is 0 Å². The first-order valence-electron chi connectivity index (χ1n) is 7.49. The Balaban J connectivity index is 2.23. The zero-order chi connectivity index (χ0) is 14.7. The number of nitrogens with zero attached hydrogens (tertiary/aromatic N) is 1. The first-order valence-corrected chi connectivity index (χ1v) is 7.49. The summed E-state index contributed by atoms with van der Waals surface area (Å²) in [5, 5.41) is 0. The van der Waals surface area contributed by atoms with Gasteiger partial charge in [0.1, 0.15) is 17.3 Å². The lowest BCUT2D eigenvalue weighted by Crippen LogP contribution is -2.36. The van der Waals surface area contributed by atoms with Crippen molar-refractivity contribution >= 4 is 5.69 Å². The minimum Gasteiger partial charge on any atom is -0.367 e. The number of halogens is 2. The van der Waals surface area contributed by atoms with E-state index in [4.69, 9.17) is 5.73 Å². The average molecular weight is 282 g/mol. The Morgan fingerprint density at radius 3 is 2.55 bits per heavy atom. The summed E-state index contributed by atoms with van der Waals surface area (Å²) in [6.45, 7) is 5.45. The van der Waals surface area contributed by atoms with E-state index >= 15 is 0 Å². The summed E-state index contributed by atoms with van der Waals surface area (Å²) in [7, 11) is 0. The molecule has 2 rings (SSSR count). The second-order valence-electron chi connectivity index (χ2n) is 5.95. The number of piperidine rings is 1. The van der Waals surface area contributed by atoms with Crippen molar-refractivity contribution in [2.24, 2.45) is 11.7 Å². The van der Waals surface area contributed by atoms with Crippen LogP contribution in [0, 0.1) is 17.6 Å². The Labute approximate surface area is 120 Å². The number of benzene rings is 1. The summed E-state index contributed by atoms with van der Waals surface area (Å²) in [6, 6.07) is 2.76. The highest BCUT2D eigenvalue weighted by Gasteiger charge is 2.24. The normalized spacial score (nSPS) is 21.1. The van der Waals surface area contributed by atoms with Crippen molar-refractivity contribution in [3.8, 4) is 0 Å². The molecule has 1 fully saturated rings. The summed E-state index contributed by atoms with van der Waals surface area (Å²) in [6.07, 6.45) is 3.70. The van der Waals surface area contributed by atoms with E-state index < -0.39 is 11.6 Å². The summed E-state index contributed by atoms with van der Waals surface area (Å²) in [4.78, 5) is 1.86. The van der Waals surface area contributed by atoms with Crippen LogP contribution in [0.25, 0.3) is 0 Å². The lowest BCUT2D eigenvalue weighted by Gasteiger charge is -2.34. The monoisotopic (exact) mass is 282 g/mol. The number of rotatable bonds is 4. The maximum Gasteiger partial charge on any atom is 0.149 e. The van der Waals surface area contributed by atoms with Gasteiger partial charge in [0.05, 0.1) is 0 Å². The van der Waals surface area contributed by atoms with Crippen molar-refractivity contribution in [1.29, 1.82) is 0 Å². The van der Waals surface area contributed by atoms with Crippen molar-refractivity contribution in [2.45, 2.75) is 45.6 Å². The number of hydrogen-bond donors (Lipinski definition) is 1. The summed E-state index contributed by atoms with van der Waals surface area (Å²) >= 11 is 0. The van der Waals surface area contributed by atoms with Gasteiger partial charge < -0.3 is 10.6 Å². The van der Waals surface area contributed by atoms with E-state index in [1.807, 2.05) is 11.8 Å². The molecule has 2 nitrogen and oxygen atoms in total. The molecule has 20 heavy (non-hydrogen) atoms. The molecule has 0 aliphatic carbocycles. The highest BCUT2D eigenvalue weighted by Crippen LogP contribution is 2.30. The van der Waals surface area contributed by atoms with Crippen LogP contribution in [-0.2, 0) is 6.42 Å². The van der Waals surface area contributed by atoms with E-state index in [1.165, 1.54) is 12.1 Å². The van der Waals surface area contributed by atoms with E-state index in [1.54, 1.807) is 0 Å². The van der Waals surface area contributed by atoms with E-state index in [0.29, 0.717) is 17.9 Å². The van der Waals surface area contributed by atoms with E-state index in [-0.39, 0.29) is 11.7 Å². The average Bonchev–Trinajstić information content (AvgIpc) is 2.37. The molecule has 112 valence electrons. The van der Waals surface area contributed by atoms with Crippen LogP contribution in [0.3, 0.4) is 0 Å². The van der Waals surface area contributed by atoms with Crippen LogP contribution in [0.15, 0.2) is 12.1 Å². The first kappa shape index (κ1) is 15.2. The Bertz CT molecular complexity index is 437. The molecule has 1 aliphatic rings. The Kier molecular flexibility index (Phi) is 4.97. The van der Waals surface area contributed by atoms with Gasteiger partial charge in [0, 0.05) is 19.1 Å². The topological polar surface area (TPSA) is 29.3 Å². The van der Waals surface area contributed by atoms with Gasteiger partial charge in [0.15, 0.2) is 0 Å². The lowest BCUT2D eigenvalue weighted by atomic mass is 9.95. The van der Waals surface area contributed by atoms with Gasteiger partial charge in [0.25, 0.3) is 0 Å². The molecule has 0 amide bonds. The molecule has 0 bridgehead atoms. The van der Waals surface area contributed by atoms with Crippen LogP contribution in [-0.4, -0.2) is 19.1 Å². The maximum absolute atomic E-state index is 14.3. The van der Waals surface area contributed by atoms with Crippen LogP contribution < -0.4 is 10.6 Å². The SMILES string of the molecule is CCC1CCCN(c2c(F)cc(CC(C)N)cc2F)C1. The largest absolute Gasteiger partial charge is 0.367 e. The van der Waals surface area contributed by atoms with Crippen molar-refractivity contribution in [3.63, 3.8) is 0 Å². The minimum absolute atomic E-state index is 0.0980. The molecular weight excluding hydrogens is 258 g/mol. The maximum atomic E-state index is 14.3. The Morgan fingerprint density at radius 2 is 2.00 bits per heavy atom. The number of anilines is 1. The van der Waals surface area contributed by atoms with Gasteiger partial charge in [-0.15, -0.1) is 0 Å². The molecule has 0 spiro atoms. The quantitative estimate of drug-likeness (QED) is 0.916. The van der Waals surface area contributed by atoms with Crippen molar-refractivity contribution in [2.75, 3.05) is 18.0 Å². The van der Waals surface area contributed by atoms with Gasteiger partial charge in [-0.3, -0.25) is 0 Å². The minimum atomic E-state index is -0.461. The van der Waals surface area contributed by atoms with Gasteiger partial charge >= 0.3 is 0 Å². The standard InChI is InChI=1S/C16H24F2N2/c1-3-12-5-4-6-20(10-12)16-14(17)8-13(7-11(2)19)9-15(16)18/h8-9,11-12H,3-7,10,19H2,1-2H3. The van der Waals surface area contributed by atoms with Gasteiger partial charge in [-0.2, -0.15) is 0 Å². The van der Waals surface area contributed by atoms with Crippen molar-refractivity contribution in [3.05, 3.63) is 29.3 Å². The second kappa shape index (κ2) is 6.53. The van der Waals surface area contributed by atoms with E-state index in [2.05, 4.69) is 6.92 Å². The smallest absolute Gasteiger partial charge is 0.149 e. The third-order valence-electron chi connectivity index (χ3n) is 4.05. The van der Waals surface area contributed by atoms with Crippen molar-refractivity contribution < 1.29 is 8.78 Å². The fourth-order valence-corrected chi connectivity index (χ4v) is 3.01. The zero-order valence-corrected chi connectivity index (χ0v) is 12.3. The van der Waals surface area contributed by atoms with Gasteiger partial charge in [-0.25, -0.2) is 8.78 Å². The molecule has 4 heteroatoms. The molecule has 1 aromatic rings. The first-order chi connectivity index (χ1) is 9.51. The molecule has 1 heterocycles. The van der Waals surface area contributed by atoms with Crippen LogP contribution in [0.4, 0.5) is 14.5 Å². The third-order valence-corrected chi connectivity index (χ3v) is 4.05. The molecule has 1 saturated heterocycles. The van der Waals surface area contributed by atoms with E-state index in [9.17, 15) is 8.78 Å². The zero-order valence-electron chi connectivity index (χ0n) is 12.3. The Hall–Kier alpha value is -1.16. The number of nitrogens with two attached hydrogens (primary N) is 1. The molecule has 1 aliphatic heterocycles. The highest BCUT2D eigenvalue weighted by molar-refractivity contribution is 5.51. The molecule has 0 aromatic heterocycles. The second-order valence-corrected chi connectivity index (χ2v) is 5.95. The van der Waals surface area contributed by atoms with Crippen LogP contribution in [0.5, 0.6) is 0 Å². The third kappa shape index (κ3) is 3.48. The Morgan fingerprint density at radius 1 is 1.35 bits per heavy atom. The molecule has 1 aromatic carbocycles. The summed E-state index contributed by atoms with van der Waals surface area (Å²) < 4.78 is 28.5. The molecule has 0 radical (unpaired) electrons. The van der Waals surface area contributed by atoms with Crippen LogP contribution in [0.2, 0.25) is 0 Å². The van der Waals surface area contributed by atoms with Crippen LogP contribution >= 0.6 is 0 Å². The fraction of sp³-hybridized carbons (Fsp3) is 0.625. The van der Waals surface area contributed by atoms with Crippen LogP contribution in [0.1, 0.15) is 38.7 Å². The van der Waals surface area contributed by atoms with Gasteiger partial charge in [-0.05, 0) is 49.8 Å². The fourth-order valence-electron chi connectivity index (χ4n) is 3.01. The lowest BCUT2D eigenvalue weighted by molar-refractivity contribution is 0.397. The molecule has 2 N–H and O–H groups in total. The van der Waals surface area contributed by atoms with E-state index in [0.717, 1.165) is 32.4 Å².